The van der Waals surface area contributed by atoms with Gasteiger partial charge in [-0.05, 0) is 83.1 Å². The van der Waals surface area contributed by atoms with E-state index in [1.54, 1.807) is 0 Å². The van der Waals surface area contributed by atoms with Crippen molar-refractivity contribution in [1.29, 1.82) is 0 Å². The van der Waals surface area contributed by atoms with Crippen molar-refractivity contribution in [2.75, 3.05) is 6.16 Å². The van der Waals surface area contributed by atoms with Crippen molar-refractivity contribution in [3.05, 3.63) is 105 Å². The Morgan fingerprint density at radius 2 is 1.10 bits per heavy atom. The molecule has 4 nitrogen and oxygen atoms in total. The van der Waals surface area contributed by atoms with Gasteiger partial charge in [-0.2, -0.15) is 0 Å². The number of carbonyl (C=O) groups excluding carboxylic acids is 3. The Hall–Kier alpha value is -3.23. The van der Waals surface area contributed by atoms with Crippen molar-refractivity contribution < 1.29 is 18.9 Å². The highest BCUT2D eigenvalue weighted by atomic mass is 31.1. The topological polar surface area (TPSA) is 68.3 Å². The van der Waals surface area contributed by atoms with Crippen molar-refractivity contribution in [3.8, 4) is 0 Å². The molecule has 0 radical (unpaired) electrons. The zero-order valence-electron chi connectivity index (χ0n) is 24.8. The quantitative estimate of drug-likeness (QED) is 0.0857. The van der Waals surface area contributed by atoms with E-state index in [-0.39, 0.29) is 17.1 Å². The summed E-state index contributed by atoms with van der Waals surface area (Å²) in [6.07, 6.45) is 5.01. The molecule has 3 aromatic rings. The summed E-state index contributed by atoms with van der Waals surface area (Å²) < 4.78 is 12.7. The van der Waals surface area contributed by atoms with E-state index >= 15 is 0 Å². The number of rotatable bonds is 14. The molecule has 1 unspecified atom stereocenters. The number of Topliss-reactive ketones (excluding diaryl/α,β-unsaturated/α-hetero) is 2. The molecular formula is C35H42O4P+. The molecule has 0 spiro atoms. The van der Waals surface area contributed by atoms with Gasteiger partial charge in [-0.25, -0.2) is 4.79 Å². The minimum atomic E-state index is -1.94. The maximum Gasteiger partial charge on any atom is 0.420 e. The maximum absolute atomic E-state index is 13.7. The molecule has 0 saturated carbocycles. The lowest BCUT2D eigenvalue weighted by Gasteiger charge is -2.18. The van der Waals surface area contributed by atoms with Gasteiger partial charge >= 0.3 is 13.3 Å². The van der Waals surface area contributed by atoms with Crippen molar-refractivity contribution in [2.24, 2.45) is 5.92 Å². The summed E-state index contributed by atoms with van der Waals surface area (Å²) >= 11 is 0. The van der Waals surface area contributed by atoms with Gasteiger partial charge < -0.3 is 0 Å². The predicted octanol–water partition coefficient (Wildman–Crippen LogP) is 9.23. The van der Waals surface area contributed by atoms with Gasteiger partial charge in [0.15, 0.2) is 17.7 Å². The van der Waals surface area contributed by atoms with Crippen LogP contribution < -0.4 is 0 Å². The highest BCUT2D eigenvalue weighted by molar-refractivity contribution is 7.64. The second-order valence-electron chi connectivity index (χ2n) is 11.1. The summed E-state index contributed by atoms with van der Waals surface area (Å²) in [4.78, 5) is 40.0. The van der Waals surface area contributed by atoms with Crippen LogP contribution in [0.5, 0.6) is 0 Å². The third kappa shape index (κ3) is 7.92. The van der Waals surface area contributed by atoms with Crippen LogP contribution in [-0.4, -0.2) is 23.3 Å². The van der Waals surface area contributed by atoms with Crippen LogP contribution in [0.4, 0.5) is 0 Å². The average molecular weight is 558 g/mol. The van der Waals surface area contributed by atoms with Crippen molar-refractivity contribution >= 4 is 24.9 Å². The van der Waals surface area contributed by atoms with E-state index in [1.165, 1.54) is 0 Å². The van der Waals surface area contributed by atoms with Gasteiger partial charge in [0, 0.05) is 11.1 Å². The second-order valence-corrected chi connectivity index (χ2v) is 12.8. The first-order valence-electron chi connectivity index (χ1n) is 14.3. The SMILES string of the molecule is Cc1ccc(C(=O)C(CCCCCCC[P+](=O)C(=O)c2c(C)cccc2C)C(=O)c2ccc(C)cc2C)c(C)c1. The first-order chi connectivity index (χ1) is 19.0. The second kappa shape index (κ2) is 14.4. The molecular weight excluding hydrogens is 515 g/mol. The normalized spacial score (nSPS) is 11.5. The number of hydrogen-bond acceptors (Lipinski definition) is 4. The molecule has 0 fully saturated rings. The van der Waals surface area contributed by atoms with Gasteiger partial charge in [0.2, 0.25) is 0 Å². The van der Waals surface area contributed by atoms with Crippen LogP contribution in [0.15, 0.2) is 54.6 Å². The smallest absolute Gasteiger partial charge is 0.293 e. The van der Waals surface area contributed by atoms with E-state index in [0.29, 0.717) is 29.3 Å². The molecule has 40 heavy (non-hydrogen) atoms. The fraction of sp³-hybridized carbons (Fsp3) is 0.400. The molecule has 0 N–H and O–H groups in total. The number of aryl methyl sites for hydroxylation is 6. The molecule has 0 heterocycles. The molecule has 0 saturated heterocycles. The van der Waals surface area contributed by atoms with Gasteiger partial charge in [-0.3, -0.25) is 9.59 Å². The van der Waals surface area contributed by atoms with Crippen LogP contribution in [-0.2, 0) is 4.57 Å². The van der Waals surface area contributed by atoms with Crippen molar-refractivity contribution in [2.45, 2.75) is 80.1 Å². The van der Waals surface area contributed by atoms with Gasteiger partial charge in [0.25, 0.3) is 0 Å². The fourth-order valence-corrected chi connectivity index (χ4v) is 6.77. The Morgan fingerprint density at radius 3 is 1.60 bits per heavy atom. The molecule has 210 valence electrons. The molecule has 5 heteroatoms. The third-order valence-electron chi connectivity index (χ3n) is 7.70. The zero-order valence-corrected chi connectivity index (χ0v) is 25.7. The average Bonchev–Trinajstić information content (AvgIpc) is 2.89. The summed E-state index contributed by atoms with van der Waals surface area (Å²) in [6.45, 7) is 11.6. The van der Waals surface area contributed by atoms with Crippen LogP contribution >= 0.6 is 7.80 Å². The highest BCUT2D eigenvalue weighted by Gasteiger charge is 2.32. The van der Waals surface area contributed by atoms with Crippen LogP contribution in [0.1, 0.15) is 103 Å². The lowest BCUT2D eigenvalue weighted by atomic mass is 9.83. The Kier molecular flexibility index (Phi) is 11.3. The van der Waals surface area contributed by atoms with Gasteiger partial charge in [-0.15, -0.1) is 0 Å². The van der Waals surface area contributed by atoms with Crippen molar-refractivity contribution in [3.63, 3.8) is 0 Å². The highest BCUT2D eigenvalue weighted by Crippen LogP contribution is 2.32. The standard InChI is InChI=1S/C35H42O4P/c1-23-16-18-29(27(5)21-23)33(36)31(34(37)30-19-17-24(2)22-28(30)6)15-10-8-7-9-11-20-40(39)35(38)32-25(3)13-12-14-26(32)4/h12-14,16-19,21-22,31H,7-11,15,20H2,1-6H3/q+1. The van der Waals surface area contributed by atoms with Gasteiger partial charge in [0.1, 0.15) is 0 Å². The van der Waals surface area contributed by atoms with Gasteiger partial charge in [0.05, 0.1) is 11.5 Å². The van der Waals surface area contributed by atoms with E-state index < -0.39 is 13.7 Å². The Morgan fingerprint density at radius 1 is 0.625 bits per heavy atom. The summed E-state index contributed by atoms with van der Waals surface area (Å²) in [5, 5.41) is 0. The molecule has 0 aliphatic rings. The fourth-order valence-electron chi connectivity index (χ4n) is 5.45. The van der Waals surface area contributed by atoms with Crippen LogP contribution in [0.3, 0.4) is 0 Å². The summed E-state index contributed by atoms with van der Waals surface area (Å²) in [7, 11) is -1.94. The van der Waals surface area contributed by atoms with E-state index in [0.717, 1.165) is 65.5 Å². The van der Waals surface area contributed by atoms with Crippen LogP contribution in [0.2, 0.25) is 0 Å². The van der Waals surface area contributed by atoms with Crippen LogP contribution in [0.25, 0.3) is 0 Å². The first kappa shape index (κ1) is 31.3. The summed E-state index contributed by atoms with van der Waals surface area (Å²) in [6, 6.07) is 17.2. The van der Waals surface area contributed by atoms with E-state index in [1.807, 2.05) is 96.1 Å². The molecule has 0 bridgehead atoms. The number of ketones is 2. The van der Waals surface area contributed by atoms with E-state index in [2.05, 4.69) is 0 Å². The van der Waals surface area contributed by atoms with Crippen LogP contribution in [0, 0.1) is 47.5 Å². The Balaban J connectivity index is 1.58. The lowest BCUT2D eigenvalue weighted by Crippen LogP contribution is -2.26. The van der Waals surface area contributed by atoms with Crippen molar-refractivity contribution in [1.82, 2.24) is 0 Å². The zero-order chi connectivity index (χ0) is 29.4. The Bertz CT molecular complexity index is 1340. The monoisotopic (exact) mass is 557 g/mol. The lowest BCUT2D eigenvalue weighted by molar-refractivity contribution is 0.0796. The van der Waals surface area contributed by atoms with E-state index in [4.69, 9.17) is 0 Å². The molecule has 0 amide bonds. The largest absolute Gasteiger partial charge is 0.420 e. The molecule has 3 rings (SSSR count). The third-order valence-corrected chi connectivity index (χ3v) is 9.10. The molecule has 3 aromatic carbocycles. The summed E-state index contributed by atoms with van der Waals surface area (Å²) in [5.41, 5.74) is 7.29. The van der Waals surface area contributed by atoms with Gasteiger partial charge in [-0.1, -0.05) is 89.6 Å². The molecule has 0 aliphatic carbocycles. The minimum absolute atomic E-state index is 0.107. The first-order valence-corrected chi connectivity index (χ1v) is 15.7. The number of carbonyl (C=O) groups is 3. The Labute approximate surface area is 240 Å². The molecule has 1 atom stereocenters. The maximum atomic E-state index is 13.7. The van der Waals surface area contributed by atoms with E-state index in [9.17, 15) is 18.9 Å². The molecule has 0 aliphatic heterocycles. The number of hydrogen-bond donors (Lipinski definition) is 0. The molecule has 0 aromatic heterocycles. The number of benzene rings is 3. The predicted molar refractivity (Wildman–Crippen MR) is 164 cm³/mol. The minimum Gasteiger partial charge on any atom is -0.293 e. The summed E-state index contributed by atoms with van der Waals surface area (Å²) in [5.74, 6) is -0.929. The number of unbranched alkanes of at least 4 members (excludes halogenated alkanes) is 4.